The van der Waals surface area contributed by atoms with Gasteiger partial charge in [-0.1, -0.05) is 6.07 Å². The first kappa shape index (κ1) is 19.6. The van der Waals surface area contributed by atoms with E-state index >= 15 is 0 Å². The molecule has 0 saturated heterocycles. The molecule has 8 nitrogen and oxygen atoms in total. The Morgan fingerprint density at radius 1 is 1.03 bits per heavy atom. The summed E-state index contributed by atoms with van der Waals surface area (Å²) in [4.78, 5) is 18.7. The molecule has 8 heteroatoms. The minimum absolute atomic E-state index is 0.159. The molecule has 2 fully saturated rings. The third-order valence-electron chi connectivity index (χ3n) is 6.98. The van der Waals surface area contributed by atoms with Crippen LogP contribution in [0.2, 0.25) is 0 Å². The highest BCUT2D eigenvalue weighted by Crippen LogP contribution is 2.39. The second kappa shape index (κ2) is 7.09. The van der Waals surface area contributed by atoms with Crippen LogP contribution < -0.4 is 5.56 Å². The number of pyridine rings is 1. The lowest BCUT2D eigenvalue weighted by Crippen LogP contribution is -2.24. The summed E-state index contributed by atoms with van der Waals surface area (Å²) in [6.07, 6.45) is 8.61. The van der Waals surface area contributed by atoms with Crippen LogP contribution in [0.4, 0.5) is 0 Å². The van der Waals surface area contributed by atoms with Crippen molar-refractivity contribution in [2.45, 2.75) is 45.1 Å². The predicted octanol–water partition coefficient (Wildman–Crippen LogP) is 4.13. The molecular weight excluding hydrogens is 426 g/mol. The number of aryl methyl sites for hydroxylation is 2. The van der Waals surface area contributed by atoms with Gasteiger partial charge in [0.15, 0.2) is 0 Å². The molecule has 0 amide bonds. The zero-order valence-electron chi connectivity index (χ0n) is 19.3. The molecule has 4 heterocycles. The van der Waals surface area contributed by atoms with Crippen LogP contribution in [-0.4, -0.2) is 34.3 Å². The first-order chi connectivity index (χ1) is 16.5. The number of fused-ring (bicyclic) bond motifs is 2. The van der Waals surface area contributed by atoms with E-state index in [0.717, 1.165) is 45.4 Å². The largest absolute Gasteiger partial charge is 0.281 e. The molecule has 0 unspecified atom stereocenters. The summed E-state index contributed by atoms with van der Waals surface area (Å²) >= 11 is 0. The maximum atomic E-state index is 14.0. The molecule has 0 bridgehead atoms. The van der Waals surface area contributed by atoms with Crippen molar-refractivity contribution in [3.05, 3.63) is 64.5 Å². The number of rotatable bonds is 5. The van der Waals surface area contributed by atoms with Crippen molar-refractivity contribution >= 4 is 21.9 Å². The molecule has 1 aromatic carbocycles. The number of nitrogens with zero attached hydrogens (tertiary/aromatic N) is 7. The lowest BCUT2D eigenvalue weighted by atomic mass is 10.1. The van der Waals surface area contributed by atoms with E-state index < -0.39 is 0 Å². The lowest BCUT2D eigenvalue weighted by Gasteiger charge is -2.12. The molecule has 2 aliphatic carbocycles. The van der Waals surface area contributed by atoms with Crippen molar-refractivity contribution in [3.63, 3.8) is 0 Å². The van der Waals surface area contributed by atoms with Crippen LogP contribution in [0, 0.1) is 12.8 Å². The Bertz CT molecular complexity index is 1630. The Balaban J connectivity index is 1.48. The molecule has 4 aromatic heterocycles. The topological polar surface area (TPSA) is 83.4 Å². The zero-order valence-corrected chi connectivity index (χ0v) is 19.3. The van der Waals surface area contributed by atoms with Crippen molar-refractivity contribution in [2.24, 2.45) is 13.0 Å². The van der Waals surface area contributed by atoms with Crippen LogP contribution in [0.15, 0.2) is 47.5 Å². The van der Waals surface area contributed by atoms with Gasteiger partial charge in [0.2, 0.25) is 0 Å². The molecule has 2 saturated carbocycles. The standard InChI is InChI=1S/C26H25N7O/c1-15-24-25(32(28-15)13-16-3-4-16)23(18-7-9-21(27-12-18)17-5-6-17)26(34)33(30-24)20-8-10-22-19(11-20)14-31(2)29-22/h7-12,14,16-17H,3-6,13H2,1-2H3. The van der Waals surface area contributed by atoms with Gasteiger partial charge in [0.1, 0.15) is 11.0 Å². The highest BCUT2D eigenvalue weighted by molar-refractivity contribution is 5.92. The van der Waals surface area contributed by atoms with Crippen molar-refractivity contribution in [1.29, 1.82) is 0 Å². The molecule has 5 aromatic rings. The summed E-state index contributed by atoms with van der Waals surface area (Å²) in [5, 5.41) is 15.0. The first-order valence-electron chi connectivity index (χ1n) is 12.0. The Hall–Kier alpha value is -3.81. The van der Waals surface area contributed by atoms with E-state index in [-0.39, 0.29) is 5.56 Å². The quantitative estimate of drug-likeness (QED) is 0.401. The van der Waals surface area contributed by atoms with Crippen molar-refractivity contribution in [3.8, 4) is 16.8 Å². The molecule has 0 spiro atoms. The number of benzene rings is 1. The van der Waals surface area contributed by atoms with Gasteiger partial charge < -0.3 is 0 Å². The van der Waals surface area contributed by atoms with E-state index in [2.05, 4.69) is 11.2 Å². The Morgan fingerprint density at radius 2 is 1.88 bits per heavy atom. The second-order valence-electron chi connectivity index (χ2n) is 9.79. The van der Waals surface area contributed by atoms with Crippen molar-refractivity contribution in [2.75, 3.05) is 0 Å². The molecule has 2 aliphatic rings. The van der Waals surface area contributed by atoms with Crippen LogP contribution in [0.5, 0.6) is 0 Å². The third-order valence-corrected chi connectivity index (χ3v) is 6.98. The van der Waals surface area contributed by atoms with Gasteiger partial charge in [0.25, 0.3) is 5.56 Å². The van der Waals surface area contributed by atoms with Gasteiger partial charge in [-0.3, -0.25) is 19.1 Å². The molecule has 0 aliphatic heterocycles. The average molecular weight is 452 g/mol. The van der Waals surface area contributed by atoms with E-state index in [0.29, 0.717) is 23.1 Å². The Morgan fingerprint density at radius 3 is 2.62 bits per heavy atom. The highest BCUT2D eigenvalue weighted by atomic mass is 16.1. The smallest absolute Gasteiger partial charge is 0.275 e. The molecule has 34 heavy (non-hydrogen) atoms. The minimum atomic E-state index is -0.159. The third kappa shape index (κ3) is 3.16. The van der Waals surface area contributed by atoms with Gasteiger partial charge >= 0.3 is 0 Å². The van der Waals surface area contributed by atoms with Gasteiger partial charge in [-0.2, -0.15) is 20.0 Å². The second-order valence-corrected chi connectivity index (χ2v) is 9.79. The SMILES string of the molecule is Cc1nn(CC2CC2)c2c(-c3ccc(C4CC4)nc3)c(=O)n(-c3ccc4nn(C)cc4c3)nc12. The average Bonchev–Trinajstić information content (AvgIpc) is 3.75. The maximum Gasteiger partial charge on any atom is 0.281 e. The highest BCUT2D eigenvalue weighted by Gasteiger charge is 2.28. The summed E-state index contributed by atoms with van der Waals surface area (Å²) in [5.74, 6) is 1.19. The predicted molar refractivity (Wildman–Crippen MR) is 130 cm³/mol. The molecule has 0 radical (unpaired) electrons. The van der Waals surface area contributed by atoms with Crippen LogP contribution in [0.3, 0.4) is 0 Å². The van der Waals surface area contributed by atoms with E-state index in [1.54, 1.807) is 4.68 Å². The molecule has 7 rings (SSSR count). The zero-order chi connectivity index (χ0) is 23.0. The van der Waals surface area contributed by atoms with Crippen molar-refractivity contribution in [1.82, 2.24) is 34.3 Å². The van der Waals surface area contributed by atoms with Crippen LogP contribution >= 0.6 is 0 Å². The number of hydrogen-bond donors (Lipinski definition) is 0. The Kier molecular flexibility index (Phi) is 4.10. The maximum absolute atomic E-state index is 14.0. The molecule has 0 N–H and O–H groups in total. The fourth-order valence-electron chi connectivity index (χ4n) is 4.85. The monoisotopic (exact) mass is 451 g/mol. The summed E-state index contributed by atoms with van der Waals surface area (Å²) in [7, 11) is 1.89. The minimum Gasteiger partial charge on any atom is -0.275 e. The van der Waals surface area contributed by atoms with Gasteiger partial charge in [-0.05, 0) is 62.8 Å². The fourth-order valence-corrected chi connectivity index (χ4v) is 4.85. The van der Waals surface area contributed by atoms with Crippen LogP contribution in [0.1, 0.15) is 43.0 Å². The lowest BCUT2D eigenvalue weighted by molar-refractivity contribution is 0.576. The fraction of sp³-hybridized carbons (Fsp3) is 0.346. The van der Waals surface area contributed by atoms with E-state index in [4.69, 9.17) is 15.2 Å². The number of aromatic nitrogens is 7. The first-order valence-corrected chi connectivity index (χ1v) is 12.0. The molecular formula is C26H25N7O. The van der Waals surface area contributed by atoms with Gasteiger partial charge in [-0.15, -0.1) is 0 Å². The summed E-state index contributed by atoms with van der Waals surface area (Å²) in [6.45, 7) is 2.79. The number of hydrogen-bond acceptors (Lipinski definition) is 5. The Labute approximate surface area is 195 Å². The van der Waals surface area contributed by atoms with E-state index in [1.807, 2.05) is 55.3 Å². The summed E-state index contributed by atoms with van der Waals surface area (Å²) in [5.41, 5.74) is 6.38. The normalized spacial score (nSPS) is 16.1. The van der Waals surface area contributed by atoms with Gasteiger partial charge in [-0.25, -0.2) is 0 Å². The van der Waals surface area contributed by atoms with Crippen LogP contribution in [0.25, 0.3) is 38.8 Å². The molecule has 170 valence electrons. The van der Waals surface area contributed by atoms with E-state index in [9.17, 15) is 4.79 Å². The van der Waals surface area contributed by atoms with Crippen LogP contribution in [-0.2, 0) is 13.6 Å². The molecule has 0 atom stereocenters. The summed E-state index contributed by atoms with van der Waals surface area (Å²) < 4.78 is 5.28. The summed E-state index contributed by atoms with van der Waals surface area (Å²) in [6, 6.07) is 9.90. The van der Waals surface area contributed by atoms with Gasteiger partial charge in [0, 0.05) is 48.5 Å². The van der Waals surface area contributed by atoms with E-state index in [1.165, 1.54) is 30.4 Å². The van der Waals surface area contributed by atoms with Crippen molar-refractivity contribution < 1.29 is 0 Å². The van der Waals surface area contributed by atoms with Gasteiger partial charge in [0.05, 0.1) is 22.5 Å².